The first-order valence-electron chi connectivity index (χ1n) is 12.2. The first-order chi connectivity index (χ1) is 17.5. The average molecular weight is 540 g/mol. The van der Waals surface area contributed by atoms with E-state index < -0.39 is 29.2 Å². The van der Waals surface area contributed by atoms with E-state index in [1.165, 1.54) is 6.07 Å². The Hall–Kier alpha value is -2.93. The van der Waals surface area contributed by atoms with Crippen molar-refractivity contribution in [3.8, 4) is 0 Å². The predicted molar refractivity (Wildman–Crippen MR) is 146 cm³/mol. The smallest absolute Gasteiger partial charge is 0.242 e. The number of benzene rings is 3. The van der Waals surface area contributed by atoms with Crippen LogP contribution in [-0.4, -0.2) is 23.9 Å². The lowest BCUT2D eigenvalue weighted by molar-refractivity contribution is -0.122. The van der Waals surface area contributed by atoms with Gasteiger partial charge in [-0.25, -0.2) is 4.39 Å². The number of halogens is 3. The van der Waals surface area contributed by atoms with Gasteiger partial charge in [0, 0.05) is 28.4 Å². The van der Waals surface area contributed by atoms with Crippen LogP contribution < -0.4 is 16.0 Å². The third-order valence-electron chi connectivity index (χ3n) is 7.26. The van der Waals surface area contributed by atoms with Gasteiger partial charge >= 0.3 is 0 Å². The van der Waals surface area contributed by atoms with Crippen molar-refractivity contribution >= 4 is 46.4 Å². The summed E-state index contributed by atoms with van der Waals surface area (Å²) in [6.45, 7) is 6.22. The second-order valence-corrected chi connectivity index (χ2v) is 11.8. The van der Waals surface area contributed by atoms with E-state index in [1.54, 1.807) is 42.5 Å². The number of carbonyl (C=O) groups excluding carboxylic acids is 2. The van der Waals surface area contributed by atoms with Crippen LogP contribution in [0.5, 0.6) is 0 Å². The van der Waals surface area contributed by atoms with E-state index in [-0.39, 0.29) is 27.8 Å². The predicted octanol–water partition coefficient (Wildman–Crippen LogP) is 6.52. The molecule has 3 aromatic carbocycles. The number of para-hydroxylation sites is 1. The van der Waals surface area contributed by atoms with Gasteiger partial charge in [-0.05, 0) is 53.3 Å². The summed E-state index contributed by atoms with van der Waals surface area (Å²) in [4.78, 5) is 27.9. The summed E-state index contributed by atoms with van der Waals surface area (Å²) in [5.41, 5.74) is 0.580. The second kappa shape index (κ2) is 9.43. The summed E-state index contributed by atoms with van der Waals surface area (Å²) in [5, 5.41) is 9.80. The van der Waals surface area contributed by atoms with Crippen LogP contribution in [0.4, 0.5) is 15.8 Å². The standard InChI is InChI=1S/C29H28Cl2FN3O2/c1-28(2,3)15-22-29(19-13-12-16(30)14-21(19)34-27(29)37)23(18-10-7-11-20(31)24(18)32)25(35-22)26(36)33-17-8-5-4-6-9-17/h4-14,22-23,25,35H,15H2,1-3H3,(H,33,36)(H,34,37). The molecule has 0 aliphatic carbocycles. The van der Waals surface area contributed by atoms with Gasteiger partial charge in [0.05, 0.1) is 11.1 Å². The molecule has 4 unspecified atom stereocenters. The molecule has 3 N–H and O–H groups in total. The fourth-order valence-electron chi connectivity index (χ4n) is 5.89. The lowest BCUT2D eigenvalue weighted by Crippen LogP contribution is -2.49. The fraction of sp³-hybridized carbons (Fsp3) is 0.310. The summed E-state index contributed by atoms with van der Waals surface area (Å²) in [7, 11) is 0. The average Bonchev–Trinajstić information content (AvgIpc) is 3.30. The van der Waals surface area contributed by atoms with Crippen molar-refractivity contribution in [1.29, 1.82) is 0 Å². The molecule has 2 aliphatic heterocycles. The number of amides is 2. The highest BCUT2D eigenvalue weighted by atomic mass is 35.5. The Morgan fingerprint density at radius 2 is 1.78 bits per heavy atom. The molecule has 4 atom stereocenters. The van der Waals surface area contributed by atoms with Crippen molar-refractivity contribution < 1.29 is 14.0 Å². The Labute approximate surface area is 225 Å². The van der Waals surface area contributed by atoms with Crippen molar-refractivity contribution in [3.63, 3.8) is 0 Å². The summed E-state index contributed by atoms with van der Waals surface area (Å²) < 4.78 is 15.7. The zero-order chi connectivity index (χ0) is 26.5. The summed E-state index contributed by atoms with van der Waals surface area (Å²) >= 11 is 12.5. The molecule has 0 bridgehead atoms. The number of hydrogen-bond donors (Lipinski definition) is 3. The van der Waals surface area contributed by atoms with Gasteiger partial charge < -0.3 is 16.0 Å². The van der Waals surface area contributed by atoms with E-state index in [0.29, 0.717) is 28.4 Å². The maximum Gasteiger partial charge on any atom is 0.242 e. The van der Waals surface area contributed by atoms with Crippen LogP contribution in [0.2, 0.25) is 10.0 Å². The molecule has 1 spiro atoms. The van der Waals surface area contributed by atoms with E-state index in [4.69, 9.17) is 23.2 Å². The Morgan fingerprint density at radius 3 is 2.49 bits per heavy atom. The van der Waals surface area contributed by atoms with Gasteiger partial charge in [-0.3, -0.25) is 9.59 Å². The number of hydrogen-bond acceptors (Lipinski definition) is 3. The van der Waals surface area contributed by atoms with Crippen molar-refractivity contribution in [2.45, 2.75) is 50.6 Å². The lowest BCUT2D eigenvalue weighted by atomic mass is 9.62. The quantitative estimate of drug-likeness (QED) is 0.353. The maximum atomic E-state index is 15.7. The molecule has 2 heterocycles. The molecule has 3 aromatic rings. The van der Waals surface area contributed by atoms with Gasteiger partial charge in [-0.15, -0.1) is 0 Å². The maximum absolute atomic E-state index is 15.7. The number of carbonyl (C=O) groups is 2. The highest BCUT2D eigenvalue weighted by Crippen LogP contribution is 2.57. The highest BCUT2D eigenvalue weighted by molar-refractivity contribution is 6.31. The minimum atomic E-state index is -1.28. The molecule has 5 nitrogen and oxygen atoms in total. The molecule has 0 aromatic heterocycles. The second-order valence-electron chi connectivity index (χ2n) is 11.0. The van der Waals surface area contributed by atoms with Crippen LogP contribution in [-0.2, 0) is 15.0 Å². The van der Waals surface area contributed by atoms with E-state index in [2.05, 4.69) is 36.7 Å². The summed E-state index contributed by atoms with van der Waals surface area (Å²) in [6, 6.07) is 17.6. The van der Waals surface area contributed by atoms with Crippen LogP contribution in [0.1, 0.15) is 44.2 Å². The molecule has 192 valence electrons. The summed E-state index contributed by atoms with van der Waals surface area (Å²) in [5.74, 6) is -2.18. The Morgan fingerprint density at radius 1 is 1.05 bits per heavy atom. The lowest BCUT2D eigenvalue weighted by Gasteiger charge is -2.37. The minimum Gasteiger partial charge on any atom is -0.325 e. The Kier molecular flexibility index (Phi) is 6.55. The van der Waals surface area contributed by atoms with Gasteiger partial charge in [0.25, 0.3) is 0 Å². The molecular weight excluding hydrogens is 512 g/mol. The first-order valence-corrected chi connectivity index (χ1v) is 13.0. The molecule has 2 aliphatic rings. The van der Waals surface area contributed by atoms with E-state index in [1.807, 2.05) is 18.2 Å². The minimum absolute atomic E-state index is 0.0659. The number of nitrogens with one attached hydrogen (secondary N) is 3. The van der Waals surface area contributed by atoms with Gasteiger partial charge in [-0.2, -0.15) is 0 Å². The molecule has 0 saturated carbocycles. The van der Waals surface area contributed by atoms with Crippen LogP contribution in [0.15, 0.2) is 66.7 Å². The summed E-state index contributed by atoms with van der Waals surface area (Å²) in [6.07, 6.45) is 0.552. The number of anilines is 2. The van der Waals surface area contributed by atoms with Crippen molar-refractivity contribution in [3.05, 3.63) is 93.7 Å². The van der Waals surface area contributed by atoms with E-state index >= 15 is 4.39 Å². The molecule has 2 amide bonds. The normalized spacial score (nSPS) is 24.7. The largest absolute Gasteiger partial charge is 0.325 e. The van der Waals surface area contributed by atoms with Crippen LogP contribution in [0, 0.1) is 11.2 Å². The van der Waals surface area contributed by atoms with E-state index in [9.17, 15) is 9.59 Å². The van der Waals surface area contributed by atoms with Crippen molar-refractivity contribution in [2.75, 3.05) is 10.6 Å². The molecular formula is C29H28Cl2FN3O2. The third-order valence-corrected chi connectivity index (χ3v) is 7.79. The molecule has 37 heavy (non-hydrogen) atoms. The Balaban J connectivity index is 1.74. The fourth-order valence-corrected chi connectivity index (χ4v) is 6.25. The molecule has 0 radical (unpaired) electrons. The van der Waals surface area contributed by atoms with Gasteiger partial charge in [-0.1, -0.05) is 80.4 Å². The van der Waals surface area contributed by atoms with Crippen LogP contribution in [0.25, 0.3) is 0 Å². The van der Waals surface area contributed by atoms with Crippen molar-refractivity contribution in [2.24, 2.45) is 5.41 Å². The van der Waals surface area contributed by atoms with Crippen LogP contribution >= 0.6 is 23.2 Å². The zero-order valence-corrected chi connectivity index (χ0v) is 22.3. The highest BCUT2D eigenvalue weighted by Gasteiger charge is 2.66. The zero-order valence-electron chi connectivity index (χ0n) is 20.7. The van der Waals surface area contributed by atoms with Gasteiger partial charge in [0.1, 0.15) is 11.2 Å². The van der Waals surface area contributed by atoms with Gasteiger partial charge in [0.15, 0.2) is 0 Å². The molecule has 1 fully saturated rings. The topological polar surface area (TPSA) is 70.2 Å². The third kappa shape index (κ3) is 4.41. The number of rotatable bonds is 4. The van der Waals surface area contributed by atoms with E-state index in [0.717, 1.165) is 0 Å². The van der Waals surface area contributed by atoms with Crippen LogP contribution in [0.3, 0.4) is 0 Å². The Bertz CT molecular complexity index is 1380. The van der Waals surface area contributed by atoms with Crippen molar-refractivity contribution in [1.82, 2.24) is 5.32 Å². The molecule has 1 saturated heterocycles. The SMILES string of the molecule is CC(C)(C)CC1NC(C(=O)Nc2ccccc2)C(c2cccc(Cl)c2F)C12C(=O)Nc1cc(Cl)ccc12. The molecule has 5 rings (SSSR count). The first kappa shape index (κ1) is 25.7. The van der Waals surface area contributed by atoms with Gasteiger partial charge in [0.2, 0.25) is 11.8 Å². The number of fused-ring (bicyclic) bond motifs is 2. The molecule has 8 heteroatoms. The monoisotopic (exact) mass is 539 g/mol.